The molecule has 1 aliphatic carbocycles. The highest BCUT2D eigenvalue weighted by Crippen LogP contribution is 2.35. The Hall–Kier alpha value is -2.77. The van der Waals surface area contributed by atoms with Crippen LogP contribution >= 0.6 is 0 Å². The van der Waals surface area contributed by atoms with Crippen LogP contribution in [0.15, 0.2) is 59.6 Å². The number of hydrogen-bond acceptors (Lipinski definition) is 4. The summed E-state index contributed by atoms with van der Waals surface area (Å²) in [5, 5.41) is 0.808. The highest BCUT2D eigenvalue weighted by molar-refractivity contribution is 7.89. The number of aromatic nitrogens is 1. The smallest absolute Gasteiger partial charge is 0.248 e. The molecule has 0 aliphatic heterocycles. The van der Waals surface area contributed by atoms with Crippen molar-refractivity contribution >= 4 is 26.8 Å². The van der Waals surface area contributed by atoms with Crippen LogP contribution in [-0.2, 0) is 16.6 Å². The Bertz CT molecular complexity index is 1150. The predicted octanol–water partition coefficient (Wildman–Crippen LogP) is 3.00. The van der Waals surface area contributed by atoms with Gasteiger partial charge in [0.1, 0.15) is 4.90 Å². The van der Waals surface area contributed by atoms with Gasteiger partial charge >= 0.3 is 0 Å². The van der Waals surface area contributed by atoms with Gasteiger partial charge in [0.05, 0.1) is 5.52 Å². The van der Waals surface area contributed by atoms with Crippen LogP contribution in [0.1, 0.15) is 34.3 Å². The molecule has 0 saturated heterocycles. The van der Waals surface area contributed by atoms with E-state index in [4.69, 9.17) is 5.73 Å². The molecule has 28 heavy (non-hydrogen) atoms. The molecular formula is C21H21N3O3S. The van der Waals surface area contributed by atoms with E-state index in [2.05, 4.69) is 4.98 Å². The van der Waals surface area contributed by atoms with Crippen molar-refractivity contribution in [3.63, 3.8) is 0 Å². The first-order chi connectivity index (χ1) is 13.4. The molecule has 7 heteroatoms. The van der Waals surface area contributed by atoms with E-state index < -0.39 is 15.9 Å². The van der Waals surface area contributed by atoms with Gasteiger partial charge in [-0.25, -0.2) is 8.42 Å². The van der Waals surface area contributed by atoms with Crippen molar-refractivity contribution in [3.8, 4) is 0 Å². The second-order valence-corrected chi connectivity index (χ2v) is 9.04. The van der Waals surface area contributed by atoms with Gasteiger partial charge < -0.3 is 5.73 Å². The zero-order chi connectivity index (χ0) is 19.9. The summed E-state index contributed by atoms with van der Waals surface area (Å²) in [5.41, 5.74) is 7.96. The number of primary amides is 1. The summed E-state index contributed by atoms with van der Waals surface area (Å²) in [6.07, 6.45) is 3.37. The highest BCUT2D eigenvalue weighted by Gasteiger charge is 2.39. The topological polar surface area (TPSA) is 93.4 Å². The first-order valence-corrected chi connectivity index (χ1v) is 10.6. The van der Waals surface area contributed by atoms with E-state index in [0.717, 1.165) is 29.4 Å². The van der Waals surface area contributed by atoms with E-state index >= 15 is 0 Å². The zero-order valence-electron chi connectivity index (χ0n) is 15.5. The number of sulfonamides is 1. The summed E-state index contributed by atoms with van der Waals surface area (Å²) in [6.45, 7) is 2.17. The fraction of sp³-hybridized carbons (Fsp3) is 0.238. The molecular weight excluding hydrogens is 374 g/mol. The second kappa shape index (κ2) is 7.00. The van der Waals surface area contributed by atoms with E-state index in [1.165, 1.54) is 0 Å². The average Bonchev–Trinajstić information content (AvgIpc) is 3.50. The van der Waals surface area contributed by atoms with Crippen molar-refractivity contribution in [2.75, 3.05) is 0 Å². The van der Waals surface area contributed by atoms with Crippen LogP contribution in [0.4, 0.5) is 0 Å². The molecule has 2 aromatic carbocycles. The third-order valence-electron chi connectivity index (χ3n) is 4.93. The number of hydrogen-bond donors (Lipinski definition) is 1. The Morgan fingerprint density at radius 1 is 1.18 bits per heavy atom. The summed E-state index contributed by atoms with van der Waals surface area (Å²) in [4.78, 5) is 15.9. The van der Waals surface area contributed by atoms with Crippen LogP contribution in [0, 0.1) is 6.92 Å². The molecule has 1 saturated carbocycles. The molecule has 1 heterocycles. The van der Waals surface area contributed by atoms with Gasteiger partial charge in [-0.3, -0.25) is 9.78 Å². The maximum absolute atomic E-state index is 13.5. The Kier molecular flexibility index (Phi) is 4.64. The van der Waals surface area contributed by atoms with Crippen molar-refractivity contribution in [2.24, 2.45) is 5.73 Å². The summed E-state index contributed by atoms with van der Waals surface area (Å²) in [5.74, 6) is -0.504. The van der Waals surface area contributed by atoms with Gasteiger partial charge in [0.25, 0.3) is 0 Å². The quantitative estimate of drug-likeness (QED) is 0.694. The Morgan fingerprint density at radius 3 is 2.54 bits per heavy atom. The Labute approximate surface area is 164 Å². The molecule has 2 N–H and O–H groups in total. The number of carbonyl (C=O) groups is 1. The molecule has 0 radical (unpaired) electrons. The first kappa shape index (κ1) is 18.6. The molecule has 1 fully saturated rings. The molecule has 1 amide bonds. The molecule has 4 rings (SSSR count). The fourth-order valence-corrected chi connectivity index (χ4v) is 5.14. The number of nitrogens with two attached hydrogens (primary N) is 1. The summed E-state index contributed by atoms with van der Waals surface area (Å²) in [6, 6.07) is 13.9. The van der Waals surface area contributed by atoms with Crippen LogP contribution in [0.2, 0.25) is 0 Å². The largest absolute Gasteiger partial charge is 0.366 e. The summed E-state index contributed by atoms with van der Waals surface area (Å²) in [7, 11) is -3.72. The Morgan fingerprint density at radius 2 is 1.89 bits per heavy atom. The van der Waals surface area contributed by atoms with Crippen molar-refractivity contribution in [2.45, 2.75) is 37.2 Å². The lowest BCUT2D eigenvalue weighted by Crippen LogP contribution is -2.33. The van der Waals surface area contributed by atoms with Crippen molar-refractivity contribution < 1.29 is 13.2 Å². The molecule has 0 unspecified atom stereocenters. The second-order valence-electron chi connectivity index (χ2n) is 7.18. The molecule has 0 bridgehead atoms. The molecule has 0 atom stereocenters. The van der Waals surface area contributed by atoms with Gasteiger partial charge in [0.15, 0.2) is 0 Å². The lowest BCUT2D eigenvalue weighted by Gasteiger charge is -2.23. The summed E-state index contributed by atoms with van der Waals surface area (Å²) >= 11 is 0. The van der Waals surface area contributed by atoms with Crippen molar-refractivity contribution in [1.82, 2.24) is 9.29 Å². The molecule has 0 spiro atoms. The summed E-state index contributed by atoms with van der Waals surface area (Å²) < 4.78 is 28.6. The van der Waals surface area contributed by atoms with Gasteiger partial charge in [-0.2, -0.15) is 4.31 Å². The van der Waals surface area contributed by atoms with Gasteiger partial charge in [-0.15, -0.1) is 0 Å². The molecule has 1 aliphatic rings. The number of nitrogens with zero attached hydrogens (tertiary/aromatic N) is 2. The van der Waals surface area contributed by atoms with Crippen LogP contribution in [0.25, 0.3) is 10.9 Å². The van der Waals surface area contributed by atoms with Crippen LogP contribution in [0.3, 0.4) is 0 Å². The van der Waals surface area contributed by atoms with Gasteiger partial charge in [0, 0.05) is 29.7 Å². The van der Waals surface area contributed by atoms with Crippen LogP contribution < -0.4 is 5.73 Å². The van der Waals surface area contributed by atoms with Crippen LogP contribution in [0.5, 0.6) is 0 Å². The van der Waals surface area contributed by atoms with Gasteiger partial charge in [-0.1, -0.05) is 24.3 Å². The highest BCUT2D eigenvalue weighted by atomic mass is 32.2. The Balaban J connectivity index is 1.72. The number of amides is 1. The standard InChI is InChI=1S/C21H21N3O3S/c1-14-11-17-3-2-4-19(20(17)23-12-14)28(26,27)24(18-9-10-18)13-15-5-7-16(8-6-15)21(22)25/h2-8,11-12,18H,9-10,13H2,1H3,(H2,22,25). The first-order valence-electron chi connectivity index (χ1n) is 9.12. The van der Waals surface area contributed by atoms with Crippen LogP contribution in [-0.4, -0.2) is 29.7 Å². The molecule has 1 aromatic heterocycles. The normalized spacial score (nSPS) is 14.5. The minimum atomic E-state index is -3.72. The van der Waals surface area contributed by atoms with E-state index in [0.29, 0.717) is 11.1 Å². The molecule has 144 valence electrons. The number of aryl methyl sites for hydroxylation is 1. The lowest BCUT2D eigenvalue weighted by molar-refractivity contribution is 0.1000. The molecule has 3 aromatic rings. The van der Waals surface area contributed by atoms with Gasteiger partial charge in [0.2, 0.25) is 15.9 Å². The van der Waals surface area contributed by atoms with E-state index in [1.807, 2.05) is 19.1 Å². The average molecular weight is 395 g/mol. The SMILES string of the molecule is Cc1cnc2c(S(=O)(=O)N(Cc3ccc(C(N)=O)cc3)C3CC3)cccc2c1. The minimum Gasteiger partial charge on any atom is -0.366 e. The van der Waals surface area contributed by atoms with E-state index in [-0.39, 0.29) is 17.5 Å². The number of pyridine rings is 1. The number of rotatable bonds is 6. The third-order valence-corrected chi connectivity index (χ3v) is 6.86. The monoisotopic (exact) mass is 395 g/mol. The number of benzene rings is 2. The maximum atomic E-state index is 13.5. The minimum absolute atomic E-state index is 0.0125. The predicted molar refractivity (Wildman–Crippen MR) is 107 cm³/mol. The fourth-order valence-electron chi connectivity index (χ4n) is 3.30. The molecule has 6 nitrogen and oxygen atoms in total. The third kappa shape index (κ3) is 3.50. The zero-order valence-corrected chi connectivity index (χ0v) is 16.3. The van der Waals surface area contributed by atoms with E-state index in [1.54, 1.807) is 46.9 Å². The number of carbonyl (C=O) groups excluding carboxylic acids is 1. The number of fused-ring (bicyclic) bond motifs is 1. The number of para-hydroxylation sites is 1. The van der Waals surface area contributed by atoms with Gasteiger partial charge in [-0.05, 0) is 55.2 Å². The van der Waals surface area contributed by atoms with Crippen molar-refractivity contribution in [1.29, 1.82) is 0 Å². The van der Waals surface area contributed by atoms with Crippen molar-refractivity contribution in [3.05, 3.63) is 71.4 Å². The lowest BCUT2D eigenvalue weighted by atomic mass is 10.1. The van der Waals surface area contributed by atoms with E-state index in [9.17, 15) is 13.2 Å². The maximum Gasteiger partial charge on any atom is 0.248 e.